The number of para-hydroxylation sites is 1. The molecule has 0 saturated heterocycles. The number of carbonyl (C=O) groups excluding carboxylic acids is 2. The van der Waals surface area contributed by atoms with Crippen LogP contribution in [0.15, 0.2) is 53.0 Å². The molecule has 0 aliphatic rings. The molecule has 0 radical (unpaired) electrons. The molecule has 2 aromatic rings. The monoisotopic (exact) mass is 406 g/mol. The summed E-state index contributed by atoms with van der Waals surface area (Å²) in [7, 11) is 1.56. The Balaban J connectivity index is 1.70. The van der Waals surface area contributed by atoms with Crippen molar-refractivity contribution in [1.82, 2.24) is 5.32 Å². The number of carbonyl (C=O) groups is 2. The number of esters is 1. The highest BCUT2D eigenvalue weighted by molar-refractivity contribution is 9.10. The SMILES string of the molecule is COc1ccc(Br)cc1COC(=O)CCNC(=O)Nc1ccccc1. The third-order valence-electron chi connectivity index (χ3n) is 3.28. The van der Waals surface area contributed by atoms with Crippen molar-refractivity contribution in [1.29, 1.82) is 0 Å². The van der Waals surface area contributed by atoms with Crippen LogP contribution in [0.5, 0.6) is 5.75 Å². The first-order chi connectivity index (χ1) is 12.1. The summed E-state index contributed by atoms with van der Waals surface area (Å²) in [5.74, 6) is 0.249. The van der Waals surface area contributed by atoms with Gasteiger partial charge in [0, 0.05) is 22.3 Å². The first-order valence-electron chi connectivity index (χ1n) is 7.66. The zero-order valence-corrected chi connectivity index (χ0v) is 15.3. The van der Waals surface area contributed by atoms with E-state index in [0.717, 1.165) is 10.0 Å². The number of hydrogen-bond donors (Lipinski definition) is 2. The number of hydrogen-bond acceptors (Lipinski definition) is 4. The van der Waals surface area contributed by atoms with Crippen molar-refractivity contribution in [2.75, 3.05) is 19.0 Å². The van der Waals surface area contributed by atoms with Gasteiger partial charge >= 0.3 is 12.0 Å². The summed E-state index contributed by atoms with van der Waals surface area (Å²) >= 11 is 3.37. The molecule has 25 heavy (non-hydrogen) atoms. The zero-order chi connectivity index (χ0) is 18.1. The lowest BCUT2D eigenvalue weighted by Crippen LogP contribution is -2.30. The van der Waals surface area contributed by atoms with Crippen LogP contribution >= 0.6 is 15.9 Å². The normalized spacial score (nSPS) is 10.0. The first kappa shape index (κ1) is 18.8. The maximum Gasteiger partial charge on any atom is 0.319 e. The maximum absolute atomic E-state index is 11.8. The lowest BCUT2D eigenvalue weighted by Gasteiger charge is -2.10. The van der Waals surface area contributed by atoms with Crippen molar-refractivity contribution in [3.05, 3.63) is 58.6 Å². The predicted octanol–water partition coefficient (Wildman–Crippen LogP) is 3.71. The lowest BCUT2D eigenvalue weighted by atomic mass is 10.2. The van der Waals surface area contributed by atoms with Gasteiger partial charge in [0.05, 0.1) is 13.5 Å². The Bertz CT molecular complexity index is 722. The molecule has 0 aliphatic carbocycles. The summed E-state index contributed by atoms with van der Waals surface area (Å²) in [6.07, 6.45) is 0.0819. The number of halogens is 1. The molecule has 2 N–H and O–H groups in total. The van der Waals surface area contributed by atoms with Gasteiger partial charge in [-0.15, -0.1) is 0 Å². The quantitative estimate of drug-likeness (QED) is 0.687. The molecule has 132 valence electrons. The first-order valence-corrected chi connectivity index (χ1v) is 8.45. The Morgan fingerprint density at radius 1 is 1.12 bits per heavy atom. The van der Waals surface area contributed by atoms with E-state index < -0.39 is 5.97 Å². The van der Waals surface area contributed by atoms with E-state index in [1.54, 1.807) is 25.3 Å². The Kier molecular flexibility index (Phi) is 7.28. The van der Waals surface area contributed by atoms with E-state index in [1.807, 2.05) is 30.3 Å². The van der Waals surface area contributed by atoms with E-state index in [4.69, 9.17) is 9.47 Å². The molecule has 2 amide bonds. The van der Waals surface area contributed by atoms with Gasteiger partial charge in [-0.1, -0.05) is 34.1 Å². The van der Waals surface area contributed by atoms with Crippen LogP contribution in [0.1, 0.15) is 12.0 Å². The van der Waals surface area contributed by atoms with Crippen LogP contribution in [0.25, 0.3) is 0 Å². The number of benzene rings is 2. The van der Waals surface area contributed by atoms with Crippen LogP contribution in [-0.4, -0.2) is 25.7 Å². The number of nitrogens with one attached hydrogen (secondary N) is 2. The summed E-state index contributed by atoms with van der Waals surface area (Å²) in [6.45, 7) is 0.296. The van der Waals surface area contributed by atoms with E-state index in [1.165, 1.54) is 0 Å². The second kappa shape index (κ2) is 9.68. The molecular weight excluding hydrogens is 388 g/mol. The van der Waals surface area contributed by atoms with Crippen molar-refractivity contribution in [3.63, 3.8) is 0 Å². The number of anilines is 1. The summed E-state index contributed by atoms with van der Waals surface area (Å²) in [5, 5.41) is 5.28. The summed E-state index contributed by atoms with van der Waals surface area (Å²) in [5.41, 5.74) is 1.45. The van der Waals surface area contributed by atoms with Gasteiger partial charge in [-0.3, -0.25) is 4.79 Å². The van der Waals surface area contributed by atoms with Gasteiger partial charge in [0.1, 0.15) is 12.4 Å². The fourth-order valence-corrected chi connectivity index (χ4v) is 2.47. The Morgan fingerprint density at radius 3 is 2.60 bits per heavy atom. The minimum absolute atomic E-state index is 0.0819. The van der Waals surface area contributed by atoms with Crippen molar-refractivity contribution in [2.45, 2.75) is 13.0 Å². The van der Waals surface area contributed by atoms with E-state index in [0.29, 0.717) is 11.4 Å². The summed E-state index contributed by atoms with van der Waals surface area (Å²) in [4.78, 5) is 23.5. The van der Waals surface area contributed by atoms with Crippen molar-refractivity contribution >= 4 is 33.6 Å². The molecule has 0 aromatic heterocycles. The minimum atomic E-state index is -0.401. The lowest BCUT2D eigenvalue weighted by molar-refractivity contribution is -0.144. The van der Waals surface area contributed by atoms with Crippen LogP contribution in [-0.2, 0) is 16.1 Å². The topological polar surface area (TPSA) is 76.7 Å². The maximum atomic E-state index is 11.8. The van der Waals surface area contributed by atoms with Crippen LogP contribution in [0.4, 0.5) is 10.5 Å². The number of amides is 2. The number of urea groups is 1. The van der Waals surface area contributed by atoms with Crippen molar-refractivity contribution in [3.8, 4) is 5.75 Å². The Morgan fingerprint density at radius 2 is 1.88 bits per heavy atom. The van der Waals surface area contributed by atoms with Crippen LogP contribution in [0.3, 0.4) is 0 Å². The number of methoxy groups -OCH3 is 1. The fraction of sp³-hybridized carbons (Fsp3) is 0.222. The van der Waals surface area contributed by atoms with Crippen molar-refractivity contribution < 1.29 is 19.1 Å². The Labute approximate surface area is 154 Å². The molecule has 0 spiro atoms. The molecule has 0 atom stereocenters. The second-order valence-electron chi connectivity index (χ2n) is 5.11. The van der Waals surface area contributed by atoms with E-state index >= 15 is 0 Å². The van der Waals surface area contributed by atoms with Crippen LogP contribution < -0.4 is 15.4 Å². The van der Waals surface area contributed by atoms with Crippen LogP contribution in [0.2, 0.25) is 0 Å². The smallest absolute Gasteiger partial charge is 0.319 e. The van der Waals surface area contributed by atoms with E-state index in [9.17, 15) is 9.59 Å². The van der Waals surface area contributed by atoms with E-state index in [-0.39, 0.29) is 25.6 Å². The molecule has 0 heterocycles. The molecule has 7 heteroatoms. The van der Waals surface area contributed by atoms with Gasteiger partial charge in [0.15, 0.2) is 0 Å². The molecule has 0 aliphatic heterocycles. The molecule has 0 saturated carbocycles. The molecule has 0 bridgehead atoms. The van der Waals surface area contributed by atoms with Gasteiger partial charge in [-0.25, -0.2) is 4.79 Å². The third-order valence-corrected chi connectivity index (χ3v) is 3.77. The molecule has 2 aromatic carbocycles. The molecule has 0 unspecified atom stereocenters. The number of rotatable bonds is 7. The highest BCUT2D eigenvalue weighted by atomic mass is 79.9. The summed E-state index contributed by atoms with van der Waals surface area (Å²) < 4.78 is 11.3. The largest absolute Gasteiger partial charge is 0.496 e. The molecule has 6 nitrogen and oxygen atoms in total. The molecule has 2 rings (SSSR count). The number of ether oxygens (including phenoxy) is 2. The second-order valence-corrected chi connectivity index (χ2v) is 6.03. The van der Waals surface area contributed by atoms with Gasteiger partial charge < -0.3 is 20.1 Å². The molecule has 0 fully saturated rings. The molecular formula is C18H19BrN2O4. The zero-order valence-electron chi connectivity index (χ0n) is 13.8. The van der Waals surface area contributed by atoms with E-state index in [2.05, 4.69) is 26.6 Å². The van der Waals surface area contributed by atoms with Gasteiger partial charge in [-0.05, 0) is 30.3 Å². The van der Waals surface area contributed by atoms with Crippen LogP contribution in [0, 0.1) is 0 Å². The average molecular weight is 407 g/mol. The highest BCUT2D eigenvalue weighted by Crippen LogP contribution is 2.23. The van der Waals surface area contributed by atoms with Crippen molar-refractivity contribution in [2.24, 2.45) is 0 Å². The highest BCUT2D eigenvalue weighted by Gasteiger charge is 2.09. The third kappa shape index (κ3) is 6.46. The standard InChI is InChI=1S/C18H19BrN2O4/c1-24-16-8-7-14(19)11-13(16)12-25-17(22)9-10-20-18(23)21-15-5-3-2-4-6-15/h2-8,11H,9-10,12H2,1H3,(H2,20,21,23). The predicted molar refractivity (Wildman–Crippen MR) is 98.6 cm³/mol. The summed E-state index contributed by atoms with van der Waals surface area (Å²) in [6, 6.07) is 14.2. The fourth-order valence-electron chi connectivity index (χ4n) is 2.07. The Hall–Kier alpha value is -2.54. The minimum Gasteiger partial charge on any atom is -0.496 e. The van der Waals surface area contributed by atoms with Gasteiger partial charge in [0.2, 0.25) is 0 Å². The van der Waals surface area contributed by atoms with Gasteiger partial charge in [-0.2, -0.15) is 0 Å². The average Bonchev–Trinajstić information content (AvgIpc) is 2.61. The van der Waals surface area contributed by atoms with Gasteiger partial charge in [0.25, 0.3) is 0 Å².